The second kappa shape index (κ2) is 6.88. The van der Waals surface area contributed by atoms with Gasteiger partial charge in [-0.1, -0.05) is 24.4 Å². The third-order valence-electron chi connectivity index (χ3n) is 5.73. The Labute approximate surface area is 166 Å². The number of carbonyl (C=O) groups is 1. The van der Waals surface area contributed by atoms with E-state index in [2.05, 4.69) is 4.98 Å². The normalized spacial score (nSPS) is 20.4. The molecule has 1 atom stereocenters. The second-order valence-electron chi connectivity index (χ2n) is 7.02. The topological polar surface area (TPSA) is 51.7 Å². The summed E-state index contributed by atoms with van der Waals surface area (Å²) in [5.74, 6) is -2.89. The molecule has 1 aromatic carbocycles. The average Bonchev–Trinajstić information content (AvgIpc) is 3.20. The molecule has 1 aromatic heterocycles. The van der Waals surface area contributed by atoms with Gasteiger partial charge in [0.1, 0.15) is 11.2 Å². The summed E-state index contributed by atoms with van der Waals surface area (Å²) in [5.41, 5.74) is -1.17. The van der Waals surface area contributed by atoms with Crippen LogP contribution in [0.1, 0.15) is 42.3 Å². The van der Waals surface area contributed by atoms with Crippen molar-refractivity contribution in [1.82, 2.24) is 4.98 Å². The van der Waals surface area contributed by atoms with Crippen molar-refractivity contribution in [2.45, 2.75) is 36.6 Å². The van der Waals surface area contributed by atoms with Crippen molar-refractivity contribution in [3.8, 4) is 11.5 Å². The smallest absolute Gasteiger partial charge is 0.239 e. The highest BCUT2D eigenvalue weighted by Gasteiger charge is 2.53. The molecule has 1 saturated carbocycles. The van der Waals surface area contributed by atoms with E-state index in [-0.39, 0.29) is 11.5 Å². The summed E-state index contributed by atoms with van der Waals surface area (Å²) in [5, 5.41) is 0. The van der Waals surface area contributed by atoms with E-state index in [0.29, 0.717) is 18.4 Å². The number of hydrogen-bond donors (Lipinski definition) is 0. The number of carbonyl (C=O) groups excluding carboxylic acids is 1. The lowest BCUT2D eigenvalue weighted by Gasteiger charge is -2.43. The summed E-state index contributed by atoms with van der Waals surface area (Å²) in [7, 11) is 2.51. The molecule has 4 rings (SSSR count). The number of amides is 1. The van der Waals surface area contributed by atoms with Crippen LogP contribution in [0.2, 0.25) is 0 Å². The van der Waals surface area contributed by atoms with Gasteiger partial charge in [-0.3, -0.25) is 14.7 Å². The molecule has 2 heterocycles. The number of rotatable bonds is 3. The zero-order valence-corrected chi connectivity index (χ0v) is 16.2. The molecule has 2 aliphatic rings. The van der Waals surface area contributed by atoms with E-state index < -0.39 is 34.1 Å². The van der Waals surface area contributed by atoms with Crippen LogP contribution in [-0.2, 0) is 10.2 Å². The zero-order valence-electron chi connectivity index (χ0n) is 15.5. The number of nitrogens with zero attached hydrogens (tertiary/aromatic N) is 2. The first kappa shape index (κ1) is 18.9. The molecule has 0 saturated heterocycles. The first-order valence-electron chi connectivity index (χ1n) is 8.98. The summed E-state index contributed by atoms with van der Waals surface area (Å²) < 4.78 is 40.3. The quantitative estimate of drug-likeness (QED) is 0.555. The molecule has 148 valence electrons. The lowest BCUT2D eigenvalue weighted by molar-refractivity contribution is -0.124. The molecule has 1 aliphatic heterocycles. The van der Waals surface area contributed by atoms with Crippen molar-refractivity contribution in [1.29, 1.82) is 0 Å². The monoisotopic (exact) mass is 408 g/mol. The Kier molecular flexibility index (Phi) is 4.65. The fourth-order valence-corrected chi connectivity index (χ4v) is 4.74. The van der Waals surface area contributed by atoms with Crippen LogP contribution in [0.15, 0.2) is 24.5 Å². The van der Waals surface area contributed by atoms with E-state index in [1.54, 1.807) is 18.5 Å². The lowest BCUT2D eigenvalue weighted by Crippen LogP contribution is -2.51. The number of methoxy groups -OCH3 is 2. The van der Waals surface area contributed by atoms with Gasteiger partial charge in [0.2, 0.25) is 5.91 Å². The predicted molar refractivity (Wildman–Crippen MR) is 99.9 cm³/mol. The Morgan fingerprint density at radius 1 is 1.18 bits per heavy atom. The van der Waals surface area contributed by atoms with Crippen LogP contribution >= 0.6 is 11.6 Å². The first-order valence-corrected chi connectivity index (χ1v) is 9.42. The predicted octanol–water partition coefficient (Wildman–Crippen LogP) is 4.47. The Morgan fingerprint density at radius 3 is 2.36 bits per heavy atom. The van der Waals surface area contributed by atoms with Crippen LogP contribution in [0.4, 0.5) is 14.5 Å². The van der Waals surface area contributed by atoms with Gasteiger partial charge in [0.15, 0.2) is 23.1 Å². The number of benzene rings is 1. The number of pyridine rings is 1. The molecule has 1 amide bonds. The Balaban J connectivity index is 1.98. The summed E-state index contributed by atoms with van der Waals surface area (Å²) >= 11 is 6.59. The Morgan fingerprint density at radius 2 is 1.79 bits per heavy atom. The van der Waals surface area contributed by atoms with E-state index >= 15 is 8.78 Å². The van der Waals surface area contributed by atoms with Crippen LogP contribution in [0.5, 0.6) is 11.5 Å². The second-order valence-corrected chi connectivity index (χ2v) is 7.43. The fraction of sp³-hybridized carbons (Fsp3) is 0.400. The maximum atomic E-state index is 15.1. The first-order chi connectivity index (χ1) is 13.5. The number of fused-ring (bicyclic) bond motifs is 2. The van der Waals surface area contributed by atoms with Crippen molar-refractivity contribution >= 4 is 23.2 Å². The van der Waals surface area contributed by atoms with Gasteiger partial charge in [-0.05, 0) is 24.5 Å². The highest BCUT2D eigenvalue weighted by atomic mass is 35.5. The third-order valence-corrected chi connectivity index (χ3v) is 6.16. The molecule has 0 bridgehead atoms. The number of halogens is 3. The summed E-state index contributed by atoms with van der Waals surface area (Å²) in [6.45, 7) is 0. The number of hydrogen-bond acceptors (Lipinski definition) is 4. The molecular formula is C20H19ClF2N2O3. The number of aromatic nitrogens is 1. The molecule has 1 aliphatic carbocycles. The maximum Gasteiger partial charge on any atom is 0.239 e. The van der Waals surface area contributed by atoms with Gasteiger partial charge in [-0.2, -0.15) is 0 Å². The molecule has 0 radical (unpaired) electrons. The molecule has 28 heavy (non-hydrogen) atoms. The minimum absolute atomic E-state index is 0.234. The van der Waals surface area contributed by atoms with Crippen LogP contribution in [-0.4, -0.2) is 25.1 Å². The minimum atomic E-state index is -1.11. The molecule has 1 fully saturated rings. The summed E-state index contributed by atoms with van der Waals surface area (Å²) in [6.07, 6.45) is 6.04. The van der Waals surface area contributed by atoms with Crippen LogP contribution in [0.25, 0.3) is 0 Å². The Hall–Kier alpha value is -2.41. The largest absolute Gasteiger partial charge is 0.493 e. The van der Waals surface area contributed by atoms with Crippen LogP contribution in [0.3, 0.4) is 0 Å². The molecule has 8 heteroatoms. The van der Waals surface area contributed by atoms with Gasteiger partial charge in [-0.15, -0.1) is 0 Å². The number of ether oxygens (including phenoxy) is 2. The van der Waals surface area contributed by atoms with Gasteiger partial charge in [0, 0.05) is 24.0 Å². The van der Waals surface area contributed by atoms with E-state index in [4.69, 9.17) is 21.1 Å². The van der Waals surface area contributed by atoms with Crippen molar-refractivity contribution in [3.63, 3.8) is 0 Å². The fourth-order valence-electron chi connectivity index (χ4n) is 4.38. The van der Waals surface area contributed by atoms with Crippen molar-refractivity contribution < 1.29 is 23.0 Å². The van der Waals surface area contributed by atoms with Crippen LogP contribution in [0, 0.1) is 11.6 Å². The van der Waals surface area contributed by atoms with Gasteiger partial charge in [0.05, 0.1) is 19.6 Å². The van der Waals surface area contributed by atoms with Gasteiger partial charge < -0.3 is 9.47 Å². The number of anilines is 1. The molecule has 2 aromatic rings. The molecule has 1 unspecified atom stereocenters. The maximum absolute atomic E-state index is 15.1. The highest BCUT2D eigenvalue weighted by Crippen LogP contribution is 2.53. The molecule has 0 N–H and O–H groups in total. The van der Waals surface area contributed by atoms with E-state index in [9.17, 15) is 4.79 Å². The summed E-state index contributed by atoms with van der Waals surface area (Å²) in [4.78, 5) is 18.7. The van der Waals surface area contributed by atoms with Gasteiger partial charge in [0.25, 0.3) is 0 Å². The average molecular weight is 409 g/mol. The Bertz CT molecular complexity index is 919. The van der Waals surface area contributed by atoms with Crippen molar-refractivity contribution in [2.24, 2.45) is 0 Å². The molecular weight excluding hydrogens is 390 g/mol. The third kappa shape index (κ3) is 2.49. The van der Waals surface area contributed by atoms with Gasteiger partial charge in [-0.25, -0.2) is 8.78 Å². The lowest BCUT2D eigenvalue weighted by atomic mass is 9.73. The van der Waals surface area contributed by atoms with E-state index in [1.165, 1.54) is 14.2 Å². The van der Waals surface area contributed by atoms with Crippen molar-refractivity contribution in [2.75, 3.05) is 19.1 Å². The zero-order chi connectivity index (χ0) is 20.1. The van der Waals surface area contributed by atoms with Crippen LogP contribution < -0.4 is 14.4 Å². The standard InChI is InChI=1S/C20H19ClF2N2O3/c1-27-13-9-14(28-2)16(23)17(15(13)22)25-18(21)11-10-24-8-5-12(11)20(19(25)26)6-3-4-7-20/h5,8-10,18H,3-4,6-7H2,1-2H3. The van der Waals surface area contributed by atoms with E-state index in [1.807, 2.05) is 0 Å². The SMILES string of the molecule is COc1cc(OC)c(F)c(N2C(=O)C3(CCCC3)c3ccncc3C2Cl)c1F. The van der Waals surface area contributed by atoms with Gasteiger partial charge >= 0.3 is 0 Å². The molecule has 1 spiro atoms. The van der Waals surface area contributed by atoms with Crippen molar-refractivity contribution in [3.05, 3.63) is 47.3 Å². The number of alkyl halides is 1. The molecule has 5 nitrogen and oxygen atoms in total. The van der Waals surface area contributed by atoms with E-state index in [0.717, 1.165) is 29.4 Å². The minimum Gasteiger partial charge on any atom is -0.493 e. The summed E-state index contributed by atoms with van der Waals surface area (Å²) in [6, 6.07) is 2.89. The highest BCUT2D eigenvalue weighted by molar-refractivity contribution is 6.26.